The average molecular weight is 281 g/mol. The number of nitrogens with two attached hydrogens (primary N) is 1. The molecule has 0 aromatic heterocycles. The van der Waals surface area contributed by atoms with E-state index in [1.165, 1.54) is 25.7 Å². The van der Waals surface area contributed by atoms with Crippen molar-refractivity contribution in [3.8, 4) is 5.75 Å². The van der Waals surface area contributed by atoms with Crippen molar-refractivity contribution < 1.29 is 8.95 Å². The third-order valence-electron chi connectivity index (χ3n) is 3.78. The van der Waals surface area contributed by atoms with Crippen molar-refractivity contribution in [3.63, 3.8) is 0 Å². The second-order valence-corrected chi connectivity index (χ2v) is 6.85. The molecule has 0 bridgehead atoms. The Kier molecular flexibility index (Phi) is 5.40. The van der Waals surface area contributed by atoms with Crippen molar-refractivity contribution >= 4 is 10.8 Å². The summed E-state index contributed by atoms with van der Waals surface area (Å²) in [5.41, 5.74) is 7.14. The zero-order chi connectivity index (χ0) is 13.7. The van der Waals surface area contributed by atoms with E-state index in [9.17, 15) is 4.21 Å². The zero-order valence-corrected chi connectivity index (χ0v) is 12.3. The highest BCUT2D eigenvalue weighted by Crippen LogP contribution is 2.26. The lowest BCUT2D eigenvalue weighted by atomic mass is 10.1. The van der Waals surface area contributed by atoms with E-state index in [4.69, 9.17) is 10.5 Å². The van der Waals surface area contributed by atoms with E-state index < -0.39 is 10.8 Å². The van der Waals surface area contributed by atoms with Crippen molar-refractivity contribution in [1.29, 1.82) is 0 Å². The summed E-state index contributed by atoms with van der Waals surface area (Å²) in [5.74, 6) is 2.81. The number of hydrogen-bond acceptors (Lipinski definition) is 3. The van der Waals surface area contributed by atoms with Gasteiger partial charge in [-0.1, -0.05) is 25.0 Å². The van der Waals surface area contributed by atoms with Crippen LogP contribution < -0.4 is 10.5 Å². The molecule has 3 nitrogen and oxygen atoms in total. The van der Waals surface area contributed by atoms with Gasteiger partial charge in [-0.05, 0) is 36.5 Å². The molecule has 2 atom stereocenters. The highest BCUT2D eigenvalue weighted by atomic mass is 32.2. The molecule has 1 aliphatic carbocycles. The normalized spacial score (nSPS) is 19.3. The molecule has 1 aliphatic rings. The summed E-state index contributed by atoms with van der Waals surface area (Å²) in [6, 6.07) is 7.55. The molecule has 2 unspecified atom stereocenters. The fourth-order valence-electron chi connectivity index (χ4n) is 2.68. The lowest BCUT2D eigenvalue weighted by molar-refractivity contribution is 0.414. The lowest BCUT2D eigenvalue weighted by Crippen LogP contribution is -2.21. The van der Waals surface area contributed by atoms with E-state index in [-0.39, 0.29) is 6.04 Å². The molecule has 0 spiro atoms. The highest BCUT2D eigenvalue weighted by Gasteiger charge is 2.19. The summed E-state index contributed by atoms with van der Waals surface area (Å²) >= 11 is 0. The van der Waals surface area contributed by atoms with Gasteiger partial charge in [0.1, 0.15) is 5.75 Å². The van der Waals surface area contributed by atoms with Gasteiger partial charge in [0.2, 0.25) is 0 Å². The molecule has 0 radical (unpaired) electrons. The summed E-state index contributed by atoms with van der Waals surface area (Å²) in [6.07, 6.45) is 5.06. The molecule has 1 saturated carbocycles. The fourth-order valence-corrected chi connectivity index (χ4v) is 4.26. The minimum atomic E-state index is -0.815. The van der Waals surface area contributed by atoms with Crippen molar-refractivity contribution in [2.24, 2.45) is 11.7 Å². The summed E-state index contributed by atoms with van der Waals surface area (Å²) in [4.78, 5) is 0. The standard InChI is InChI=1S/C15H23NO2S/c1-18-14-8-4-7-13(9-14)15(16)11-19(17)10-12-5-2-3-6-12/h4,7-9,12,15H,2-3,5-6,10-11,16H2,1H3. The van der Waals surface area contributed by atoms with Gasteiger partial charge in [0, 0.05) is 28.3 Å². The van der Waals surface area contributed by atoms with Crippen LogP contribution in [0.1, 0.15) is 37.3 Å². The first-order valence-corrected chi connectivity index (χ1v) is 8.42. The number of rotatable bonds is 6. The Balaban J connectivity index is 1.88. The maximum absolute atomic E-state index is 12.1. The third kappa shape index (κ3) is 4.32. The van der Waals surface area contributed by atoms with Crippen molar-refractivity contribution in [3.05, 3.63) is 29.8 Å². The van der Waals surface area contributed by atoms with E-state index in [0.29, 0.717) is 11.7 Å². The SMILES string of the molecule is COc1cccc(C(N)CS(=O)CC2CCCC2)c1. The molecule has 0 saturated heterocycles. The first kappa shape index (κ1) is 14.5. The number of hydrogen-bond donors (Lipinski definition) is 1. The summed E-state index contributed by atoms with van der Waals surface area (Å²) in [7, 11) is 0.827. The molecule has 0 aliphatic heterocycles. The Hall–Kier alpha value is -0.870. The van der Waals surface area contributed by atoms with Gasteiger partial charge in [-0.25, -0.2) is 0 Å². The smallest absolute Gasteiger partial charge is 0.119 e. The van der Waals surface area contributed by atoms with E-state index >= 15 is 0 Å². The molecule has 106 valence electrons. The first-order valence-electron chi connectivity index (χ1n) is 6.93. The Bertz CT molecular complexity index is 430. The van der Waals surface area contributed by atoms with Crippen LogP contribution in [0.5, 0.6) is 5.75 Å². The Labute approximate surface area is 118 Å². The highest BCUT2D eigenvalue weighted by molar-refractivity contribution is 7.85. The van der Waals surface area contributed by atoms with Gasteiger partial charge in [-0.2, -0.15) is 0 Å². The minimum Gasteiger partial charge on any atom is -0.497 e. The second-order valence-electron chi connectivity index (χ2n) is 5.31. The second kappa shape index (κ2) is 7.06. The van der Waals surface area contributed by atoms with Crippen LogP contribution in [0.2, 0.25) is 0 Å². The van der Waals surface area contributed by atoms with Crippen molar-refractivity contribution in [2.75, 3.05) is 18.6 Å². The van der Waals surface area contributed by atoms with Crippen LogP contribution in [0, 0.1) is 5.92 Å². The van der Waals surface area contributed by atoms with Crippen LogP contribution in [0.4, 0.5) is 0 Å². The van der Waals surface area contributed by atoms with Gasteiger partial charge in [0.25, 0.3) is 0 Å². The molecule has 2 rings (SSSR count). The van der Waals surface area contributed by atoms with Crippen molar-refractivity contribution in [1.82, 2.24) is 0 Å². The predicted molar refractivity (Wildman–Crippen MR) is 79.8 cm³/mol. The third-order valence-corrected chi connectivity index (χ3v) is 5.36. The topological polar surface area (TPSA) is 52.3 Å². The maximum atomic E-state index is 12.1. The van der Waals surface area contributed by atoms with Crippen molar-refractivity contribution in [2.45, 2.75) is 31.7 Å². The number of benzene rings is 1. The molecular formula is C15H23NO2S. The number of ether oxygens (including phenoxy) is 1. The monoisotopic (exact) mass is 281 g/mol. The average Bonchev–Trinajstić information content (AvgIpc) is 2.91. The Morgan fingerprint density at radius 3 is 2.84 bits per heavy atom. The van der Waals surface area contributed by atoms with Gasteiger partial charge in [0.05, 0.1) is 7.11 Å². The zero-order valence-electron chi connectivity index (χ0n) is 11.5. The van der Waals surface area contributed by atoms with E-state index in [1.54, 1.807) is 7.11 Å². The molecule has 1 aromatic carbocycles. The largest absolute Gasteiger partial charge is 0.497 e. The summed E-state index contributed by atoms with van der Waals surface area (Å²) < 4.78 is 17.3. The molecule has 4 heteroatoms. The van der Waals surface area contributed by atoms with Gasteiger partial charge >= 0.3 is 0 Å². The van der Waals surface area contributed by atoms with Gasteiger partial charge in [-0.3, -0.25) is 4.21 Å². The van der Waals surface area contributed by atoms with Gasteiger partial charge in [0.15, 0.2) is 0 Å². The van der Waals surface area contributed by atoms with Crippen LogP contribution in [-0.2, 0) is 10.8 Å². The maximum Gasteiger partial charge on any atom is 0.119 e. The first-order chi connectivity index (χ1) is 9.19. The summed E-state index contributed by atoms with van der Waals surface area (Å²) in [5, 5.41) is 0. The minimum absolute atomic E-state index is 0.169. The van der Waals surface area contributed by atoms with Gasteiger partial charge < -0.3 is 10.5 Å². The van der Waals surface area contributed by atoms with Crippen LogP contribution in [0.25, 0.3) is 0 Å². The molecule has 0 amide bonds. The van der Waals surface area contributed by atoms with Crippen LogP contribution in [0.3, 0.4) is 0 Å². The molecule has 0 heterocycles. The quantitative estimate of drug-likeness (QED) is 0.872. The van der Waals surface area contributed by atoms with E-state index in [0.717, 1.165) is 17.1 Å². The lowest BCUT2D eigenvalue weighted by Gasteiger charge is -2.14. The number of methoxy groups -OCH3 is 1. The van der Waals surface area contributed by atoms with Crippen LogP contribution >= 0.6 is 0 Å². The molecule has 19 heavy (non-hydrogen) atoms. The Morgan fingerprint density at radius 1 is 1.42 bits per heavy atom. The summed E-state index contributed by atoms with van der Waals surface area (Å²) in [6.45, 7) is 0. The van der Waals surface area contributed by atoms with E-state index in [2.05, 4.69) is 0 Å². The predicted octanol–water partition coefficient (Wildman–Crippen LogP) is 2.63. The van der Waals surface area contributed by atoms with Crippen LogP contribution in [0.15, 0.2) is 24.3 Å². The molecule has 1 aromatic rings. The molecule has 1 fully saturated rings. The molecule has 2 N–H and O–H groups in total. The van der Waals surface area contributed by atoms with E-state index in [1.807, 2.05) is 24.3 Å². The fraction of sp³-hybridized carbons (Fsp3) is 0.600. The van der Waals surface area contributed by atoms with Crippen LogP contribution in [-0.4, -0.2) is 22.8 Å². The Morgan fingerprint density at radius 2 is 2.16 bits per heavy atom. The molecular weight excluding hydrogens is 258 g/mol. The van der Waals surface area contributed by atoms with Gasteiger partial charge in [-0.15, -0.1) is 0 Å².